The van der Waals surface area contributed by atoms with Gasteiger partial charge >= 0.3 is 0 Å². The molecule has 0 saturated heterocycles. The summed E-state index contributed by atoms with van der Waals surface area (Å²) in [4.78, 5) is 38.0. The van der Waals surface area contributed by atoms with Gasteiger partial charge in [-0.3, -0.25) is 9.59 Å². The van der Waals surface area contributed by atoms with Crippen LogP contribution in [0.5, 0.6) is 5.75 Å². The van der Waals surface area contributed by atoms with Gasteiger partial charge in [-0.05, 0) is 49.9 Å². The minimum absolute atomic E-state index is 0.0142. The summed E-state index contributed by atoms with van der Waals surface area (Å²) in [6.45, 7) is 0. The van der Waals surface area contributed by atoms with Crippen LogP contribution in [-0.4, -0.2) is 38.4 Å². The van der Waals surface area contributed by atoms with Gasteiger partial charge in [-0.25, -0.2) is 15.0 Å². The first-order valence-electron chi connectivity index (χ1n) is 11.8. The normalized spacial score (nSPS) is 17.6. The monoisotopic (exact) mass is 485 g/mol. The van der Waals surface area contributed by atoms with Crippen LogP contribution < -0.4 is 21.5 Å². The van der Waals surface area contributed by atoms with Crippen LogP contribution in [0.1, 0.15) is 42.1 Å². The summed E-state index contributed by atoms with van der Waals surface area (Å²) in [5.41, 5.74) is 14.5. The van der Waals surface area contributed by atoms with Crippen molar-refractivity contribution >= 4 is 34.5 Å². The first kappa shape index (κ1) is 23.3. The Kier molecular flexibility index (Phi) is 6.24. The maximum atomic E-state index is 12.9. The highest BCUT2D eigenvalue weighted by atomic mass is 16.5. The Labute approximate surface area is 207 Å². The number of hydrogen-bond donors (Lipinski definition) is 3. The van der Waals surface area contributed by atoms with E-state index in [0.717, 1.165) is 31.4 Å². The molecule has 1 fully saturated rings. The zero-order valence-corrected chi connectivity index (χ0v) is 19.8. The van der Waals surface area contributed by atoms with Crippen LogP contribution >= 0.6 is 0 Å². The van der Waals surface area contributed by atoms with Crippen molar-refractivity contribution in [2.45, 2.75) is 31.7 Å². The van der Waals surface area contributed by atoms with Gasteiger partial charge in [-0.2, -0.15) is 0 Å². The molecule has 1 aliphatic rings. The second kappa shape index (κ2) is 9.65. The van der Waals surface area contributed by atoms with Gasteiger partial charge in [0.2, 0.25) is 11.8 Å². The first-order chi connectivity index (χ1) is 17.4. The van der Waals surface area contributed by atoms with Gasteiger partial charge in [0.05, 0.1) is 13.4 Å². The number of ether oxygens (including phenoxy) is 1. The lowest BCUT2D eigenvalue weighted by atomic mass is 9.85. The predicted octanol–water partition coefficient (Wildman–Crippen LogP) is 3.55. The number of primary amides is 1. The summed E-state index contributed by atoms with van der Waals surface area (Å²) in [5, 5.41) is 3.00. The lowest BCUT2D eigenvalue weighted by molar-refractivity contribution is -0.121. The Morgan fingerprint density at radius 3 is 2.58 bits per heavy atom. The summed E-state index contributed by atoms with van der Waals surface area (Å²) in [6.07, 6.45) is 4.83. The molecule has 184 valence electrons. The number of nitrogens with zero attached hydrogens (tertiary/aromatic N) is 4. The van der Waals surface area contributed by atoms with Crippen LogP contribution in [0.2, 0.25) is 0 Å². The Morgan fingerprint density at radius 2 is 1.83 bits per heavy atom. The number of nitrogens with one attached hydrogen (secondary N) is 1. The molecule has 2 amide bonds. The molecule has 0 bridgehead atoms. The van der Waals surface area contributed by atoms with E-state index in [1.165, 1.54) is 0 Å². The minimum atomic E-state index is -0.525. The number of imidazole rings is 1. The van der Waals surface area contributed by atoms with Crippen molar-refractivity contribution in [3.8, 4) is 17.1 Å². The minimum Gasteiger partial charge on any atom is -0.497 e. The molecule has 4 aromatic rings. The van der Waals surface area contributed by atoms with Gasteiger partial charge in [0.25, 0.3) is 0 Å². The molecular weight excluding hydrogens is 458 g/mol. The third-order valence-electron chi connectivity index (χ3n) is 6.65. The number of amides is 2. The van der Waals surface area contributed by atoms with Gasteiger partial charge in [0.15, 0.2) is 17.3 Å². The van der Waals surface area contributed by atoms with Crippen molar-refractivity contribution < 1.29 is 14.3 Å². The van der Waals surface area contributed by atoms with E-state index in [-0.39, 0.29) is 23.7 Å². The van der Waals surface area contributed by atoms with Crippen molar-refractivity contribution in [2.24, 2.45) is 11.7 Å². The molecule has 0 atom stereocenters. The molecular formula is C26H27N7O3. The average molecular weight is 486 g/mol. The van der Waals surface area contributed by atoms with Crippen LogP contribution in [0.4, 0.5) is 11.5 Å². The maximum Gasteiger partial charge on any atom is 0.248 e. The van der Waals surface area contributed by atoms with Crippen molar-refractivity contribution in [2.75, 3.05) is 18.2 Å². The number of nitrogen functional groups attached to an aromatic ring is 1. The summed E-state index contributed by atoms with van der Waals surface area (Å²) < 4.78 is 7.25. The molecule has 2 heterocycles. The Morgan fingerprint density at radius 1 is 1.06 bits per heavy atom. The molecule has 2 aromatic heterocycles. The zero-order chi connectivity index (χ0) is 25.2. The number of fused-ring (bicyclic) bond motifs is 1. The standard InChI is InChI=1S/C26H27N7O3/c1-36-20-7-3-6-18(13-20)30-26(35)15-8-10-19(11-9-15)33-14-29-21-22(27)31-24(32-25(21)33)17-5-2-4-16(12-17)23(28)34/h2-7,12-15,19H,8-11H2,1H3,(H2,28,34)(H,30,35)(H2,27,31,32). The van der Waals surface area contributed by atoms with Gasteiger partial charge in [-0.1, -0.05) is 18.2 Å². The largest absolute Gasteiger partial charge is 0.497 e. The number of carbonyl (C=O) groups is 2. The van der Waals surface area contributed by atoms with E-state index in [9.17, 15) is 9.59 Å². The fraction of sp³-hybridized carbons (Fsp3) is 0.269. The second-order valence-corrected chi connectivity index (χ2v) is 8.93. The Hall–Kier alpha value is -4.47. The molecule has 1 aliphatic carbocycles. The quantitative estimate of drug-likeness (QED) is 0.378. The molecule has 1 saturated carbocycles. The van der Waals surface area contributed by atoms with E-state index >= 15 is 0 Å². The van der Waals surface area contributed by atoms with E-state index < -0.39 is 5.91 Å². The third-order valence-corrected chi connectivity index (χ3v) is 6.65. The SMILES string of the molecule is COc1cccc(NC(=O)C2CCC(n3cnc4c(N)nc(-c5cccc(C(N)=O)c5)nc43)CC2)c1. The van der Waals surface area contributed by atoms with Crippen molar-refractivity contribution in [1.82, 2.24) is 19.5 Å². The molecule has 10 heteroatoms. The number of rotatable bonds is 6. The van der Waals surface area contributed by atoms with Crippen LogP contribution in [0.15, 0.2) is 54.9 Å². The Balaban J connectivity index is 1.33. The molecule has 2 aromatic carbocycles. The molecule has 10 nitrogen and oxygen atoms in total. The molecule has 0 radical (unpaired) electrons. The predicted molar refractivity (Wildman–Crippen MR) is 136 cm³/mol. The molecule has 0 spiro atoms. The van der Waals surface area contributed by atoms with Crippen molar-refractivity contribution in [1.29, 1.82) is 0 Å². The highest BCUT2D eigenvalue weighted by molar-refractivity contribution is 5.94. The van der Waals surface area contributed by atoms with Crippen molar-refractivity contribution in [3.63, 3.8) is 0 Å². The lowest BCUT2D eigenvalue weighted by Crippen LogP contribution is -2.28. The number of aromatic nitrogens is 4. The van der Waals surface area contributed by atoms with E-state index in [4.69, 9.17) is 21.2 Å². The van der Waals surface area contributed by atoms with Crippen LogP contribution in [0.3, 0.4) is 0 Å². The summed E-state index contributed by atoms with van der Waals surface area (Å²) in [7, 11) is 1.60. The highest BCUT2D eigenvalue weighted by Crippen LogP contribution is 2.35. The topological polar surface area (TPSA) is 151 Å². The van der Waals surface area contributed by atoms with E-state index in [2.05, 4.69) is 15.3 Å². The summed E-state index contributed by atoms with van der Waals surface area (Å²) in [5.74, 6) is 0.781. The summed E-state index contributed by atoms with van der Waals surface area (Å²) in [6, 6.07) is 14.3. The van der Waals surface area contributed by atoms with E-state index in [0.29, 0.717) is 33.9 Å². The van der Waals surface area contributed by atoms with Gasteiger partial charge in [-0.15, -0.1) is 0 Å². The van der Waals surface area contributed by atoms with Crippen LogP contribution in [-0.2, 0) is 4.79 Å². The van der Waals surface area contributed by atoms with Crippen LogP contribution in [0, 0.1) is 5.92 Å². The molecule has 36 heavy (non-hydrogen) atoms. The third kappa shape index (κ3) is 4.57. The number of benzene rings is 2. The van der Waals surface area contributed by atoms with Gasteiger partial charge < -0.3 is 26.1 Å². The van der Waals surface area contributed by atoms with Crippen LogP contribution in [0.25, 0.3) is 22.6 Å². The molecule has 5 N–H and O–H groups in total. The highest BCUT2D eigenvalue weighted by Gasteiger charge is 2.29. The molecule has 0 aliphatic heterocycles. The van der Waals surface area contributed by atoms with E-state index in [1.54, 1.807) is 37.7 Å². The maximum absolute atomic E-state index is 12.9. The van der Waals surface area contributed by atoms with Gasteiger partial charge in [0.1, 0.15) is 11.3 Å². The fourth-order valence-corrected chi connectivity index (χ4v) is 4.71. The fourth-order valence-electron chi connectivity index (χ4n) is 4.71. The first-order valence-corrected chi connectivity index (χ1v) is 11.8. The lowest BCUT2D eigenvalue weighted by Gasteiger charge is -2.28. The van der Waals surface area contributed by atoms with Crippen molar-refractivity contribution in [3.05, 3.63) is 60.4 Å². The smallest absolute Gasteiger partial charge is 0.248 e. The molecule has 5 rings (SSSR count). The average Bonchev–Trinajstić information content (AvgIpc) is 3.33. The Bertz CT molecular complexity index is 1440. The second-order valence-electron chi connectivity index (χ2n) is 8.93. The number of methoxy groups -OCH3 is 1. The number of anilines is 2. The number of carbonyl (C=O) groups excluding carboxylic acids is 2. The zero-order valence-electron chi connectivity index (χ0n) is 19.8. The number of nitrogens with two attached hydrogens (primary N) is 2. The molecule has 0 unspecified atom stereocenters. The summed E-state index contributed by atoms with van der Waals surface area (Å²) >= 11 is 0. The van der Waals surface area contributed by atoms with Gasteiger partial charge in [0, 0.05) is 34.8 Å². The number of hydrogen-bond acceptors (Lipinski definition) is 7. The van der Waals surface area contributed by atoms with E-state index in [1.807, 2.05) is 28.8 Å².